The summed E-state index contributed by atoms with van der Waals surface area (Å²) in [5.41, 5.74) is 9.44. The number of hydrazone groups is 1. The minimum atomic E-state index is -4.34. The van der Waals surface area contributed by atoms with Gasteiger partial charge in [-0.05, 0) is 236 Å². The normalized spacial score (nSPS) is 14.4. The minimum Gasteiger partial charge on any atom is -0.748 e. The van der Waals surface area contributed by atoms with Gasteiger partial charge in [0.05, 0.1) is 58.5 Å². The molecule has 3 N–H and O–H groups in total. The lowest BCUT2D eigenvalue weighted by molar-refractivity contribution is -0.385. The lowest BCUT2D eigenvalue weighted by Gasteiger charge is -2.21. The average Bonchev–Trinajstić information content (AvgIpc) is 1.77. The van der Waals surface area contributed by atoms with Gasteiger partial charge in [0, 0.05) is 89.6 Å². The largest absolute Gasteiger partial charge is 0.748 e. The van der Waals surface area contributed by atoms with E-state index in [-0.39, 0.29) is 53.2 Å². The summed E-state index contributed by atoms with van der Waals surface area (Å²) in [6, 6.07) is 61.5. The summed E-state index contributed by atoms with van der Waals surface area (Å²) in [5, 5.41) is 63.5. The molecule has 0 aliphatic carbocycles. The number of nitro benzene ring substituents is 1. The Labute approximate surface area is 740 Å². The summed E-state index contributed by atoms with van der Waals surface area (Å²) in [5.74, 6) is -0.200. The Kier molecular flexibility index (Phi) is 28.1. The Bertz CT molecular complexity index is 6480. The summed E-state index contributed by atoms with van der Waals surface area (Å²) in [6.07, 6.45) is 4.62. The number of nitrogens with one attached hydrogen (secondary N) is 2. The number of likely N-dealkylation sites (tertiary alicyclic amines) is 1. The number of phenolic OH excluding ortho intramolecular Hbond substituents is 1. The van der Waals surface area contributed by atoms with E-state index in [1.54, 1.807) is 82.2 Å². The predicted octanol–water partition coefficient (Wildman–Crippen LogP) is 17.9. The Morgan fingerprint density at radius 2 is 1.32 bits per heavy atom. The monoisotopic (exact) mass is 1820 g/mol. The number of ether oxygens (including phenoxy) is 2. The van der Waals surface area contributed by atoms with Crippen LogP contribution in [0.25, 0.3) is 38.3 Å². The molecule has 13 aromatic rings. The van der Waals surface area contributed by atoms with Gasteiger partial charge in [0.15, 0.2) is 11.4 Å². The number of aromatic nitrogens is 8. The number of aromatic hydroxyl groups is 1. The van der Waals surface area contributed by atoms with Crippen molar-refractivity contribution in [2.75, 3.05) is 51.7 Å². The number of aryl methyl sites for hydroxylation is 5. The molecule has 3 aliphatic heterocycles. The van der Waals surface area contributed by atoms with Gasteiger partial charge in [-0.3, -0.25) is 24.5 Å². The van der Waals surface area contributed by atoms with Crippen LogP contribution in [0.4, 0.5) is 28.4 Å². The molecule has 3 amide bonds. The summed E-state index contributed by atoms with van der Waals surface area (Å²) < 4.78 is 83.2. The van der Waals surface area contributed by atoms with Crippen LogP contribution in [0, 0.1) is 37.8 Å². The van der Waals surface area contributed by atoms with E-state index in [0.29, 0.717) is 90.5 Å². The summed E-state index contributed by atoms with van der Waals surface area (Å²) in [4.78, 5) is 57.9. The van der Waals surface area contributed by atoms with Crippen molar-refractivity contribution in [3.8, 4) is 34.4 Å². The number of hydrogen-bond donors (Lipinski definition) is 3. The first kappa shape index (κ1) is 88.5. The molecule has 0 radical (unpaired) electrons. The molecule has 3 aliphatic rings. The highest BCUT2D eigenvalue weighted by Crippen LogP contribution is 2.50. The number of halogens is 2. The number of nitrogens with zero attached hydrogens (tertiary/aromatic N) is 13. The van der Waals surface area contributed by atoms with E-state index >= 15 is 0 Å². The van der Waals surface area contributed by atoms with Crippen LogP contribution >= 0.6 is 69.8 Å². The van der Waals surface area contributed by atoms with Crippen molar-refractivity contribution in [3.63, 3.8) is 0 Å². The maximum absolute atomic E-state index is 13.9. The third-order valence-corrected chi connectivity index (χ3v) is 26.5. The van der Waals surface area contributed by atoms with Gasteiger partial charge in [-0.15, -0.1) is 21.5 Å². The number of phenols is 1. The number of tetrazole rings is 2. The maximum atomic E-state index is 13.9. The van der Waals surface area contributed by atoms with E-state index in [4.69, 9.17) is 37.8 Å². The molecular weight excluding hydrogens is 1740 g/mol. The molecule has 3 aromatic heterocycles. The lowest BCUT2D eigenvalue weighted by Crippen LogP contribution is -2.37. The lowest BCUT2D eigenvalue weighted by atomic mass is 10.0. The van der Waals surface area contributed by atoms with Crippen LogP contribution in [0.2, 0.25) is 10.0 Å². The van der Waals surface area contributed by atoms with Crippen molar-refractivity contribution in [2.45, 2.75) is 105 Å². The third kappa shape index (κ3) is 21.7. The second-order valence-corrected chi connectivity index (χ2v) is 37.1. The molecule has 638 valence electrons. The molecule has 10 aromatic carbocycles. The number of para-hydroxylation sites is 2. The van der Waals surface area contributed by atoms with Crippen LogP contribution in [-0.4, -0.2) is 147 Å². The van der Waals surface area contributed by atoms with Crippen molar-refractivity contribution in [1.82, 2.24) is 45.3 Å². The summed E-state index contributed by atoms with van der Waals surface area (Å²) in [7, 11) is -8.68. The van der Waals surface area contributed by atoms with E-state index in [2.05, 4.69) is 46.6 Å². The molecule has 124 heavy (non-hydrogen) atoms. The standard InChI is InChI=1S/C33H26N6O5S.C32H34N8O3S.C22H21Cl2NO6S4/c1-20-12-13-21(2)27(16-20)34-32(41)26-18-30(24-10-6-7-11-25(24)31(26)40)44-29-15-14-22(17-28(29)39(42)43)19-45-33-35-36-37-38(33)23-8-4-3-5-9-23;1-4-26(43-27-17-12-21(2)20-22(27)3)30(41)33-23-13-15-25(16-14-23)39-31(42)28(29(35-39)38-18-8-9-19-38)44-32-34-36-37-40(32)24-10-6-5-7-11-24;23-14-4-6-19-17(11-14)16(3-1-9-34(26,27)28)21(32-19)13-22-25(8-2-10-35(29,30)31)18-12-15(24)5-7-20(18)33-22/h3-18,40H,19H2,1-2H3,(H,34,41);5-7,10-17,20,26,28H,4,8-9,18-19H2,1-3H3,(H,33,41);4-7,11-13H,1-3,8-10H2,(H,26,27,28)(H,29,30,31)/p-2/b;;22-13-. The zero-order valence-electron chi connectivity index (χ0n) is 67.1. The van der Waals surface area contributed by atoms with Gasteiger partial charge in [-0.25, -0.2) is 16.8 Å². The number of fused-ring (bicyclic) bond motifs is 3. The fourth-order valence-corrected chi connectivity index (χ4v) is 19.5. The van der Waals surface area contributed by atoms with Crippen LogP contribution in [0.15, 0.2) is 232 Å². The Hall–Kier alpha value is -11.8. The Morgan fingerprint density at radius 3 is 2.01 bits per heavy atom. The molecule has 16 rings (SSSR count). The summed E-state index contributed by atoms with van der Waals surface area (Å²) >= 11 is 18.1. The van der Waals surface area contributed by atoms with E-state index in [1.165, 1.54) is 69.8 Å². The second kappa shape index (κ2) is 39.4. The van der Waals surface area contributed by atoms with Gasteiger partial charge >= 0.3 is 5.69 Å². The molecule has 2 unspecified atom stereocenters. The number of amides is 3. The molecule has 1 saturated heterocycles. The number of rotatable bonds is 27. The van der Waals surface area contributed by atoms with Crippen molar-refractivity contribution < 1.29 is 59.8 Å². The first-order chi connectivity index (χ1) is 59.6. The van der Waals surface area contributed by atoms with E-state index in [1.807, 2.05) is 161 Å². The zero-order chi connectivity index (χ0) is 87.5. The van der Waals surface area contributed by atoms with Crippen molar-refractivity contribution in [1.29, 1.82) is 0 Å². The number of nitro groups is 1. The van der Waals surface area contributed by atoms with E-state index in [9.17, 15) is 55.5 Å². The van der Waals surface area contributed by atoms with Crippen LogP contribution < -0.4 is 30.0 Å². The molecule has 0 spiro atoms. The highest BCUT2D eigenvalue weighted by Gasteiger charge is 2.43. The first-order valence-corrected chi connectivity index (χ1v) is 46.4. The number of anilines is 4. The predicted molar refractivity (Wildman–Crippen MR) is 483 cm³/mol. The third-order valence-electron chi connectivity index (χ3n) is 20.0. The molecule has 6 heterocycles. The van der Waals surface area contributed by atoms with Crippen molar-refractivity contribution in [3.05, 3.63) is 275 Å². The number of amidine groups is 1. The van der Waals surface area contributed by atoms with Gasteiger partial charge in [-0.1, -0.05) is 162 Å². The molecular formula is C87H79Cl2N15O14S6-2. The van der Waals surface area contributed by atoms with Crippen molar-refractivity contribution >= 4 is 169 Å². The average molecular weight is 1820 g/mol. The number of thioether (sulfide) groups is 3. The second-order valence-electron chi connectivity index (χ2n) is 29.0. The molecule has 0 saturated carbocycles. The van der Waals surface area contributed by atoms with Gasteiger partial charge in [-0.2, -0.15) is 19.5 Å². The Balaban J connectivity index is 0.000000153. The number of benzene rings is 10. The fourth-order valence-electron chi connectivity index (χ4n) is 14.0. The van der Waals surface area contributed by atoms with Crippen LogP contribution in [0.3, 0.4) is 0 Å². The molecule has 1 fully saturated rings. The smallest absolute Gasteiger partial charge is 0.311 e. The quantitative estimate of drug-likeness (QED) is 0.0186. The molecule has 37 heteroatoms. The maximum Gasteiger partial charge on any atom is 0.311 e. The number of carbonyl (C=O) groups excluding carboxylic acids is 3. The SMILES string of the molecule is CCC(Oc1ccc(C)cc1C)C(=O)Nc1ccc(N2N=C(N3CCCC3)C(Sc3nnnn3-c3ccccc3)C2=O)cc1.Cc1ccc(C)c(NC(=O)c2cc(Oc3ccc(CSc4nnnn4-c4ccccc4)cc3[N+](=O)[O-])c3ccccc3c2O)c1.O=S(=O)([O-])CCCc1c(/C=C2\Sc3ccc(Cl)cc3N2CCCS(=O)(=O)[O-])sc2ccc(Cl)cc12. The zero-order valence-corrected chi connectivity index (χ0v) is 73.5. The number of hydrogen-bond acceptors (Lipinski definition) is 27. The van der Waals surface area contributed by atoms with Crippen molar-refractivity contribution in [2.24, 2.45) is 5.10 Å². The Morgan fingerprint density at radius 1 is 0.685 bits per heavy atom. The molecule has 0 bridgehead atoms. The number of thiophene rings is 1. The summed E-state index contributed by atoms with van der Waals surface area (Å²) in [6.45, 7) is 11.7. The highest BCUT2D eigenvalue weighted by atomic mass is 35.5. The van der Waals surface area contributed by atoms with Crippen LogP contribution in [0.1, 0.15) is 87.6 Å². The van der Waals surface area contributed by atoms with Crippen LogP contribution in [0.5, 0.6) is 23.0 Å². The highest BCUT2D eigenvalue weighted by molar-refractivity contribution is 8.04. The topological polar surface area (TPSA) is 381 Å². The van der Waals surface area contributed by atoms with E-state index in [0.717, 1.165) is 95.7 Å². The van der Waals surface area contributed by atoms with Gasteiger partial charge in [0.1, 0.15) is 23.1 Å². The minimum absolute atomic E-state index is 0.0143. The van der Waals surface area contributed by atoms with Gasteiger partial charge < -0.3 is 44.1 Å². The number of carbonyl (C=O) groups is 3. The van der Waals surface area contributed by atoms with Gasteiger partial charge in [0.25, 0.3) is 17.7 Å². The van der Waals surface area contributed by atoms with E-state index < -0.39 is 53.9 Å². The van der Waals surface area contributed by atoms with Crippen LogP contribution in [-0.2, 0) is 42.0 Å². The molecule has 29 nitrogen and oxygen atoms in total. The first-order valence-electron chi connectivity index (χ1n) is 39.0. The van der Waals surface area contributed by atoms with Gasteiger partial charge in [0.2, 0.25) is 16.1 Å². The fraction of sp³-hybridized carbons (Fsp3) is 0.218. The molecule has 2 atom stereocenters.